The van der Waals surface area contributed by atoms with Crippen LogP contribution in [0.3, 0.4) is 0 Å². The standard InChI is InChI=1S/C12H15BrN2O2/c1-8-7-14-4-5-15(8)12(17)9-2-3-10(13)11(16)6-9/h2-3,6,8,14,16H,4-5,7H2,1H3/t8-/m1/s1. The predicted octanol–water partition coefficient (Wildman–Crippen LogP) is 1.59. The fraction of sp³-hybridized carbons (Fsp3) is 0.417. The molecular weight excluding hydrogens is 284 g/mol. The molecule has 0 aromatic heterocycles. The van der Waals surface area contributed by atoms with Gasteiger partial charge in [0.2, 0.25) is 0 Å². The zero-order chi connectivity index (χ0) is 12.4. The van der Waals surface area contributed by atoms with Gasteiger partial charge in [0.25, 0.3) is 5.91 Å². The molecule has 0 unspecified atom stereocenters. The number of phenols is 1. The van der Waals surface area contributed by atoms with Crippen molar-refractivity contribution >= 4 is 21.8 Å². The number of carbonyl (C=O) groups is 1. The van der Waals surface area contributed by atoms with Crippen LogP contribution >= 0.6 is 15.9 Å². The van der Waals surface area contributed by atoms with E-state index in [1.807, 2.05) is 11.8 Å². The summed E-state index contributed by atoms with van der Waals surface area (Å²) in [5.74, 6) is 0.0698. The number of phenolic OH excluding ortho intramolecular Hbond substituents is 1. The number of hydrogen-bond acceptors (Lipinski definition) is 3. The molecule has 92 valence electrons. The van der Waals surface area contributed by atoms with Gasteiger partial charge in [-0.1, -0.05) is 0 Å². The van der Waals surface area contributed by atoms with Crippen LogP contribution in [-0.4, -0.2) is 41.6 Å². The van der Waals surface area contributed by atoms with E-state index in [1.165, 1.54) is 6.07 Å². The highest BCUT2D eigenvalue weighted by atomic mass is 79.9. The molecule has 4 nitrogen and oxygen atoms in total. The fourth-order valence-corrected chi connectivity index (χ4v) is 2.20. The first-order valence-electron chi connectivity index (χ1n) is 5.60. The summed E-state index contributed by atoms with van der Waals surface area (Å²) in [4.78, 5) is 14.1. The molecule has 5 heteroatoms. The Kier molecular flexibility index (Phi) is 3.69. The van der Waals surface area contributed by atoms with Crippen molar-refractivity contribution in [1.82, 2.24) is 10.2 Å². The first-order valence-corrected chi connectivity index (χ1v) is 6.39. The van der Waals surface area contributed by atoms with Gasteiger partial charge in [0.1, 0.15) is 5.75 Å². The van der Waals surface area contributed by atoms with Gasteiger partial charge >= 0.3 is 0 Å². The highest BCUT2D eigenvalue weighted by molar-refractivity contribution is 9.10. The molecule has 17 heavy (non-hydrogen) atoms. The monoisotopic (exact) mass is 298 g/mol. The zero-order valence-corrected chi connectivity index (χ0v) is 11.2. The Bertz CT molecular complexity index is 437. The summed E-state index contributed by atoms with van der Waals surface area (Å²) >= 11 is 3.20. The Morgan fingerprint density at radius 3 is 3.00 bits per heavy atom. The number of piperazine rings is 1. The van der Waals surface area contributed by atoms with E-state index in [1.54, 1.807) is 12.1 Å². The molecule has 1 amide bonds. The van der Waals surface area contributed by atoms with Crippen molar-refractivity contribution in [3.8, 4) is 5.75 Å². The van der Waals surface area contributed by atoms with Gasteiger partial charge < -0.3 is 15.3 Å². The number of amides is 1. The summed E-state index contributed by atoms with van der Waals surface area (Å²) in [6, 6.07) is 5.10. The maximum Gasteiger partial charge on any atom is 0.254 e. The van der Waals surface area contributed by atoms with Crippen molar-refractivity contribution in [2.75, 3.05) is 19.6 Å². The van der Waals surface area contributed by atoms with Crippen LogP contribution in [0.5, 0.6) is 5.75 Å². The number of nitrogens with zero attached hydrogens (tertiary/aromatic N) is 1. The third-order valence-corrected chi connectivity index (χ3v) is 3.63. The average molecular weight is 299 g/mol. The number of aromatic hydroxyl groups is 1. The lowest BCUT2D eigenvalue weighted by Crippen LogP contribution is -2.52. The van der Waals surface area contributed by atoms with Gasteiger partial charge in [-0.2, -0.15) is 0 Å². The van der Waals surface area contributed by atoms with Crippen LogP contribution in [0.4, 0.5) is 0 Å². The lowest BCUT2D eigenvalue weighted by atomic mass is 10.1. The van der Waals surface area contributed by atoms with Crippen LogP contribution in [0.1, 0.15) is 17.3 Å². The van der Waals surface area contributed by atoms with Crippen molar-refractivity contribution in [3.05, 3.63) is 28.2 Å². The number of carbonyl (C=O) groups excluding carboxylic acids is 1. The first-order chi connectivity index (χ1) is 8.09. The van der Waals surface area contributed by atoms with Crippen LogP contribution in [0.25, 0.3) is 0 Å². The zero-order valence-electron chi connectivity index (χ0n) is 9.61. The van der Waals surface area contributed by atoms with Crippen molar-refractivity contribution in [1.29, 1.82) is 0 Å². The number of halogens is 1. The van der Waals surface area contributed by atoms with E-state index in [0.29, 0.717) is 16.6 Å². The molecule has 0 aliphatic carbocycles. The smallest absolute Gasteiger partial charge is 0.254 e. The van der Waals surface area contributed by atoms with E-state index in [0.717, 1.165) is 13.1 Å². The Labute approximate surface area is 109 Å². The highest BCUT2D eigenvalue weighted by Crippen LogP contribution is 2.25. The molecular formula is C12H15BrN2O2. The minimum Gasteiger partial charge on any atom is -0.507 e. The van der Waals surface area contributed by atoms with Gasteiger partial charge in [-0.05, 0) is 41.1 Å². The molecule has 1 atom stereocenters. The molecule has 2 rings (SSSR count). The van der Waals surface area contributed by atoms with Gasteiger partial charge in [-0.25, -0.2) is 0 Å². The fourth-order valence-electron chi connectivity index (χ4n) is 1.95. The van der Waals surface area contributed by atoms with E-state index in [2.05, 4.69) is 21.2 Å². The van der Waals surface area contributed by atoms with Crippen LogP contribution in [0.15, 0.2) is 22.7 Å². The topological polar surface area (TPSA) is 52.6 Å². The molecule has 0 bridgehead atoms. The predicted molar refractivity (Wildman–Crippen MR) is 69.2 cm³/mol. The summed E-state index contributed by atoms with van der Waals surface area (Å²) in [6.07, 6.45) is 0. The lowest BCUT2D eigenvalue weighted by Gasteiger charge is -2.34. The summed E-state index contributed by atoms with van der Waals surface area (Å²) in [5.41, 5.74) is 0.527. The van der Waals surface area contributed by atoms with E-state index >= 15 is 0 Å². The van der Waals surface area contributed by atoms with Crippen LogP contribution in [0.2, 0.25) is 0 Å². The third kappa shape index (κ3) is 2.61. The molecule has 2 N–H and O–H groups in total. The summed E-state index contributed by atoms with van der Waals surface area (Å²) < 4.78 is 0.599. The van der Waals surface area contributed by atoms with E-state index in [4.69, 9.17) is 0 Å². The minimum atomic E-state index is -0.0261. The average Bonchev–Trinajstić information content (AvgIpc) is 2.32. The van der Waals surface area contributed by atoms with Crippen molar-refractivity contribution in [2.24, 2.45) is 0 Å². The molecule has 1 aliphatic heterocycles. The second-order valence-electron chi connectivity index (χ2n) is 4.22. The lowest BCUT2D eigenvalue weighted by molar-refractivity contribution is 0.0655. The molecule has 1 saturated heterocycles. The van der Waals surface area contributed by atoms with Crippen LogP contribution in [-0.2, 0) is 0 Å². The summed E-state index contributed by atoms with van der Waals surface area (Å²) in [5, 5.41) is 12.8. The first kappa shape index (κ1) is 12.4. The Morgan fingerprint density at radius 2 is 2.35 bits per heavy atom. The maximum absolute atomic E-state index is 12.2. The number of benzene rings is 1. The molecule has 1 aromatic carbocycles. The molecule has 0 radical (unpaired) electrons. The number of nitrogens with one attached hydrogen (secondary N) is 1. The molecule has 1 heterocycles. The van der Waals surface area contributed by atoms with Crippen LogP contribution in [0, 0.1) is 0 Å². The molecule has 1 aromatic rings. The number of rotatable bonds is 1. The highest BCUT2D eigenvalue weighted by Gasteiger charge is 2.24. The third-order valence-electron chi connectivity index (χ3n) is 2.96. The van der Waals surface area contributed by atoms with E-state index < -0.39 is 0 Å². The van der Waals surface area contributed by atoms with E-state index in [9.17, 15) is 9.90 Å². The Morgan fingerprint density at radius 1 is 1.59 bits per heavy atom. The van der Waals surface area contributed by atoms with Gasteiger partial charge in [0.05, 0.1) is 4.47 Å². The SMILES string of the molecule is C[C@@H]1CNCCN1C(=O)c1ccc(Br)c(O)c1. The van der Waals surface area contributed by atoms with Crippen molar-refractivity contribution < 1.29 is 9.90 Å². The normalized spacial score (nSPS) is 20.4. The van der Waals surface area contributed by atoms with Gasteiger partial charge in [0.15, 0.2) is 0 Å². The largest absolute Gasteiger partial charge is 0.507 e. The van der Waals surface area contributed by atoms with Crippen LogP contribution < -0.4 is 5.32 Å². The minimum absolute atomic E-state index is 0.0261. The van der Waals surface area contributed by atoms with Crippen molar-refractivity contribution in [2.45, 2.75) is 13.0 Å². The molecule has 0 saturated carbocycles. The Hall–Kier alpha value is -1.07. The molecule has 1 fully saturated rings. The van der Waals surface area contributed by atoms with E-state index in [-0.39, 0.29) is 17.7 Å². The van der Waals surface area contributed by atoms with Gasteiger partial charge in [0, 0.05) is 31.2 Å². The second-order valence-corrected chi connectivity index (χ2v) is 5.07. The van der Waals surface area contributed by atoms with Gasteiger partial charge in [-0.3, -0.25) is 4.79 Å². The van der Waals surface area contributed by atoms with Crippen molar-refractivity contribution in [3.63, 3.8) is 0 Å². The second kappa shape index (κ2) is 5.06. The maximum atomic E-state index is 12.2. The summed E-state index contributed by atoms with van der Waals surface area (Å²) in [6.45, 7) is 4.35. The quantitative estimate of drug-likeness (QED) is 0.828. The molecule has 0 spiro atoms. The number of hydrogen-bond donors (Lipinski definition) is 2. The van der Waals surface area contributed by atoms with Gasteiger partial charge in [-0.15, -0.1) is 0 Å². The molecule has 1 aliphatic rings. The summed E-state index contributed by atoms with van der Waals surface area (Å²) in [7, 11) is 0. The Balaban J connectivity index is 2.21.